The topological polar surface area (TPSA) is 78.9 Å². The summed E-state index contributed by atoms with van der Waals surface area (Å²) in [5, 5.41) is 10.1. The van der Waals surface area contributed by atoms with Crippen molar-refractivity contribution in [1.82, 2.24) is 4.90 Å². The second-order valence-electron chi connectivity index (χ2n) is 8.68. The first-order valence-electron chi connectivity index (χ1n) is 10.6. The van der Waals surface area contributed by atoms with Gasteiger partial charge in [0.25, 0.3) is 0 Å². The second kappa shape index (κ2) is 11.0. The molecule has 0 radical (unpaired) electrons. The van der Waals surface area contributed by atoms with Gasteiger partial charge in [-0.3, -0.25) is 14.7 Å². The lowest BCUT2D eigenvalue weighted by atomic mass is 9.92. The first-order chi connectivity index (χ1) is 14.7. The molecule has 0 aromatic heterocycles. The number of aldehydes is 1. The summed E-state index contributed by atoms with van der Waals surface area (Å²) in [5.74, 6) is 0. The third-order valence-electron chi connectivity index (χ3n) is 5.15. The quantitative estimate of drug-likeness (QED) is 0.451. The Labute approximate surface area is 186 Å². The Bertz CT molecular complexity index is 938. The Kier molecular flexibility index (Phi) is 8.72. The van der Waals surface area contributed by atoms with Crippen molar-refractivity contribution in [3.63, 3.8) is 0 Å². The lowest BCUT2D eigenvalue weighted by Crippen LogP contribution is -2.36. The Morgan fingerprint density at radius 2 is 1.84 bits per heavy atom. The SMILES string of the molecule is CCc1cc(CN(C)CC(C)(C)O)c(C=O)cc1Cc1ccc(C(N)=CC=NC)cc1. The molecule has 0 saturated heterocycles. The highest BCUT2D eigenvalue weighted by Crippen LogP contribution is 2.22. The number of rotatable bonds is 10. The highest BCUT2D eigenvalue weighted by molar-refractivity contribution is 5.83. The fourth-order valence-corrected chi connectivity index (χ4v) is 3.79. The minimum Gasteiger partial charge on any atom is -0.398 e. The molecule has 166 valence electrons. The van der Waals surface area contributed by atoms with Gasteiger partial charge >= 0.3 is 0 Å². The van der Waals surface area contributed by atoms with Gasteiger partial charge in [0.2, 0.25) is 0 Å². The van der Waals surface area contributed by atoms with E-state index in [9.17, 15) is 9.90 Å². The largest absolute Gasteiger partial charge is 0.398 e. The normalized spacial score (nSPS) is 12.7. The van der Waals surface area contributed by atoms with Gasteiger partial charge in [0.1, 0.15) is 6.29 Å². The number of allylic oxidation sites excluding steroid dienone is 1. The van der Waals surface area contributed by atoms with E-state index in [2.05, 4.69) is 30.1 Å². The van der Waals surface area contributed by atoms with Crippen molar-refractivity contribution < 1.29 is 9.90 Å². The molecule has 2 rings (SSSR count). The second-order valence-corrected chi connectivity index (χ2v) is 8.68. The van der Waals surface area contributed by atoms with Gasteiger partial charge in [-0.1, -0.05) is 37.3 Å². The summed E-state index contributed by atoms with van der Waals surface area (Å²) in [4.78, 5) is 17.8. The molecule has 0 atom stereocenters. The molecule has 31 heavy (non-hydrogen) atoms. The molecular weight excluding hydrogens is 386 g/mol. The number of carbonyl (C=O) groups is 1. The van der Waals surface area contributed by atoms with Crippen LogP contribution in [-0.2, 0) is 19.4 Å². The van der Waals surface area contributed by atoms with Gasteiger partial charge in [-0.05, 0) is 73.7 Å². The minimum absolute atomic E-state index is 0.530. The van der Waals surface area contributed by atoms with E-state index in [1.807, 2.05) is 30.1 Å². The first-order valence-corrected chi connectivity index (χ1v) is 10.6. The molecule has 0 fully saturated rings. The van der Waals surface area contributed by atoms with E-state index < -0.39 is 5.60 Å². The Morgan fingerprint density at radius 3 is 2.39 bits per heavy atom. The van der Waals surface area contributed by atoms with Crippen molar-refractivity contribution in [2.24, 2.45) is 10.7 Å². The van der Waals surface area contributed by atoms with Crippen LogP contribution < -0.4 is 5.73 Å². The summed E-state index contributed by atoms with van der Waals surface area (Å²) in [7, 11) is 3.67. The molecule has 0 aliphatic carbocycles. The molecule has 0 amide bonds. The van der Waals surface area contributed by atoms with E-state index in [4.69, 9.17) is 5.73 Å². The van der Waals surface area contributed by atoms with Crippen LogP contribution in [0.25, 0.3) is 5.70 Å². The number of aryl methyl sites for hydroxylation is 1. The molecule has 0 bridgehead atoms. The van der Waals surface area contributed by atoms with Crippen molar-refractivity contribution in [1.29, 1.82) is 0 Å². The van der Waals surface area contributed by atoms with Crippen LogP contribution in [0.2, 0.25) is 0 Å². The fraction of sp³-hybridized carbons (Fsp3) is 0.385. The first kappa shape index (κ1) is 24.5. The standard InChI is InChI=1S/C26H35N3O2/c1-6-20-14-23(16-29(5)18-26(2,3)31)24(17-30)15-22(20)13-19-7-9-21(10-8-19)25(27)11-12-28-4/h7-12,14-15,17,31H,6,13,16,18,27H2,1-5H3. The van der Waals surface area contributed by atoms with Crippen LogP contribution in [0.1, 0.15) is 58.9 Å². The molecule has 0 unspecified atom stereocenters. The number of likely N-dealkylation sites (N-methyl/N-ethyl adjacent to an activating group) is 1. The highest BCUT2D eigenvalue weighted by Gasteiger charge is 2.17. The number of aliphatic hydroxyl groups is 1. The van der Waals surface area contributed by atoms with Crippen LogP contribution in [0.5, 0.6) is 0 Å². The van der Waals surface area contributed by atoms with Gasteiger partial charge in [0.15, 0.2) is 0 Å². The zero-order chi connectivity index (χ0) is 23.0. The summed E-state index contributed by atoms with van der Waals surface area (Å²) < 4.78 is 0. The number of benzene rings is 2. The molecule has 5 nitrogen and oxygen atoms in total. The Balaban J connectivity index is 2.26. The molecule has 2 aromatic carbocycles. The van der Waals surface area contributed by atoms with Crippen molar-refractivity contribution in [3.8, 4) is 0 Å². The summed E-state index contributed by atoms with van der Waals surface area (Å²) in [6, 6.07) is 12.3. The molecule has 2 aromatic rings. The number of nitrogens with zero attached hydrogens (tertiary/aromatic N) is 2. The van der Waals surface area contributed by atoms with Crippen LogP contribution in [-0.4, -0.2) is 48.7 Å². The smallest absolute Gasteiger partial charge is 0.150 e. The van der Waals surface area contributed by atoms with Crippen LogP contribution in [0.3, 0.4) is 0 Å². The van der Waals surface area contributed by atoms with Crippen molar-refractivity contribution in [2.75, 3.05) is 20.6 Å². The van der Waals surface area contributed by atoms with Gasteiger partial charge in [-0.25, -0.2) is 0 Å². The van der Waals surface area contributed by atoms with E-state index >= 15 is 0 Å². The fourth-order valence-electron chi connectivity index (χ4n) is 3.79. The molecule has 5 heteroatoms. The lowest BCUT2D eigenvalue weighted by molar-refractivity contribution is 0.0424. The van der Waals surface area contributed by atoms with Crippen molar-refractivity contribution in [3.05, 3.63) is 75.9 Å². The Morgan fingerprint density at radius 1 is 1.16 bits per heavy atom. The van der Waals surface area contributed by atoms with Crippen LogP contribution in [0.4, 0.5) is 0 Å². The average Bonchev–Trinajstić information content (AvgIpc) is 2.71. The third-order valence-corrected chi connectivity index (χ3v) is 5.15. The van der Waals surface area contributed by atoms with Gasteiger partial charge in [0, 0.05) is 37.6 Å². The zero-order valence-electron chi connectivity index (χ0n) is 19.4. The average molecular weight is 422 g/mol. The molecule has 3 N–H and O–H groups in total. The lowest BCUT2D eigenvalue weighted by Gasteiger charge is -2.26. The van der Waals surface area contributed by atoms with Gasteiger partial charge in [0.05, 0.1) is 5.60 Å². The molecule has 0 saturated carbocycles. The predicted octanol–water partition coefficient (Wildman–Crippen LogP) is 3.86. The summed E-state index contributed by atoms with van der Waals surface area (Å²) in [6.07, 6.45) is 6.04. The van der Waals surface area contributed by atoms with Crippen LogP contribution in [0, 0.1) is 0 Å². The van der Waals surface area contributed by atoms with Gasteiger partial charge in [-0.15, -0.1) is 0 Å². The molecular formula is C26H35N3O2. The van der Waals surface area contributed by atoms with Crippen molar-refractivity contribution in [2.45, 2.75) is 45.8 Å². The maximum absolute atomic E-state index is 11.8. The minimum atomic E-state index is -0.780. The monoisotopic (exact) mass is 421 g/mol. The van der Waals surface area contributed by atoms with Crippen molar-refractivity contribution >= 4 is 18.2 Å². The number of hydrogen-bond donors (Lipinski definition) is 2. The van der Waals surface area contributed by atoms with Gasteiger partial charge in [-0.2, -0.15) is 0 Å². The van der Waals surface area contributed by atoms with E-state index in [-0.39, 0.29) is 0 Å². The van der Waals surface area contributed by atoms with E-state index in [1.165, 1.54) is 11.1 Å². The van der Waals surface area contributed by atoms with Crippen LogP contribution in [0.15, 0.2) is 47.5 Å². The molecule has 0 heterocycles. The third kappa shape index (κ3) is 7.46. The summed E-state index contributed by atoms with van der Waals surface area (Å²) >= 11 is 0. The van der Waals surface area contributed by atoms with Gasteiger partial charge < -0.3 is 10.8 Å². The van der Waals surface area contributed by atoms with E-state index in [0.717, 1.165) is 35.8 Å². The number of hydrogen-bond acceptors (Lipinski definition) is 5. The van der Waals surface area contributed by atoms with E-state index in [0.29, 0.717) is 24.4 Å². The number of aliphatic imine (C=N–C) groups is 1. The summed E-state index contributed by atoms with van der Waals surface area (Å²) in [5.41, 5.74) is 12.2. The molecule has 0 aliphatic rings. The Hall–Kier alpha value is -2.76. The zero-order valence-corrected chi connectivity index (χ0v) is 19.4. The molecule has 0 spiro atoms. The maximum Gasteiger partial charge on any atom is 0.150 e. The maximum atomic E-state index is 11.8. The van der Waals surface area contributed by atoms with E-state index in [1.54, 1.807) is 33.2 Å². The number of nitrogens with two attached hydrogens (primary N) is 1. The predicted molar refractivity (Wildman–Crippen MR) is 130 cm³/mol. The van der Waals surface area contributed by atoms with Crippen LogP contribution >= 0.6 is 0 Å². The summed E-state index contributed by atoms with van der Waals surface area (Å²) in [6.45, 7) is 6.86. The highest BCUT2D eigenvalue weighted by atomic mass is 16.3. The number of carbonyl (C=O) groups excluding carboxylic acids is 1. The molecule has 0 aliphatic heterocycles.